The van der Waals surface area contributed by atoms with Crippen LogP contribution in [0.15, 0.2) is 17.1 Å². The van der Waals surface area contributed by atoms with Crippen molar-refractivity contribution < 1.29 is 22.6 Å². The summed E-state index contributed by atoms with van der Waals surface area (Å²) >= 11 is 0. The number of halogens is 3. The molecule has 187 valence electrons. The van der Waals surface area contributed by atoms with Gasteiger partial charge < -0.3 is 14.4 Å². The van der Waals surface area contributed by atoms with E-state index in [2.05, 4.69) is 34.9 Å². The van der Waals surface area contributed by atoms with Crippen LogP contribution < -0.4 is 4.74 Å². The van der Waals surface area contributed by atoms with Crippen LogP contribution in [0.5, 0.6) is 5.75 Å². The van der Waals surface area contributed by atoms with Gasteiger partial charge in [-0.2, -0.15) is 13.2 Å². The lowest BCUT2D eigenvalue weighted by atomic mass is 10.0. The Bertz CT molecular complexity index is 803. The molecule has 0 N–H and O–H groups in total. The van der Waals surface area contributed by atoms with Gasteiger partial charge >= 0.3 is 6.18 Å². The Hall–Kier alpha value is -1.33. The molecule has 0 aliphatic carbocycles. The van der Waals surface area contributed by atoms with E-state index in [0.717, 1.165) is 18.5 Å². The Morgan fingerprint density at radius 1 is 1.15 bits per heavy atom. The summed E-state index contributed by atoms with van der Waals surface area (Å²) in [6, 6.07) is 3.53. The van der Waals surface area contributed by atoms with Crippen LogP contribution in [-0.4, -0.2) is 55.5 Å². The molecule has 0 aliphatic rings. The van der Waals surface area contributed by atoms with Crippen LogP contribution in [0.3, 0.4) is 0 Å². The molecule has 0 heterocycles. The van der Waals surface area contributed by atoms with Gasteiger partial charge in [0.15, 0.2) is 0 Å². The molecule has 4 nitrogen and oxygen atoms in total. The minimum atomic E-state index is -4.59. The van der Waals surface area contributed by atoms with Crippen LogP contribution in [0.1, 0.15) is 51.7 Å². The van der Waals surface area contributed by atoms with E-state index < -0.39 is 30.6 Å². The van der Waals surface area contributed by atoms with Crippen molar-refractivity contribution >= 4 is 30.3 Å². The highest BCUT2D eigenvalue weighted by Gasteiger charge is 2.39. The first-order valence-electron chi connectivity index (χ1n) is 11.4. The fraction of sp³-hybridized carbons (Fsp3) is 0.708. The summed E-state index contributed by atoms with van der Waals surface area (Å²) in [6.07, 6.45) is -1.85. The second-order valence-corrected chi connectivity index (χ2v) is 17.7. The summed E-state index contributed by atoms with van der Waals surface area (Å²) in [5, 5.41) is -0.393. The SMILES string of the molecule is CCN(C)C=Nc1cc(C(F)(F)F)c(OC(C)(CC(C)(C)[Si])OCCC[Si](C)(C)C)cc1C. The molecule has 0 saturated carbocycles. The molecular weight excluding hydrogens is 461 g/mol. The van der Waals surface area contributed by atoms with Gasteiger partial charge in [-0.1, -0.05) is 39.5 Å². The number of hydrogen-bond acceptors (Lipinski definition) is 3. The van der Waals surface area contributed by atoms with Gasteiger partial charge in [-0.3, -0.25) is 0 Å². The maximum absolute atomic E-state index is 14.0. The number of benzene rings is 1. The van der Waals surface area contributed by atoms with E-state index >= 15 is 0 Å². The van der Waals surface area contributed by atoms with Gasteiger partial charge in [-0.15, -0.1) is 0 Å². The molecule has 0 amide bonds. The predicted molar refractivity (Wildman–Crippen MR) is 135 cm³/mol. The first kappa shape index (κ1) is 29.7. The van der Waals surface area contributed by atoms with E-state index in [4.69, 9.17) is 9.47 Å². The van der Waals surface area contributed by atoms with Crippen molar-refractivity contribution in [1.82, 2.24) is 4.90 Å². The lowest BCUT2D eigenvalue weighted by Gasteiger charge is -2.37. The minimum Gasteiger partial charge on any atom is -0.462 e. The minimum absolute atomic E-state index is 0.244. The summed E-state index contributed by atoms with van der Waals surface area (Å²) in [7, 11) is 4.23. The van der Waals surface area contributed by atoms with E-state index in [-0.39, 0.29) is 11.4 Å². The molecule has 1 atom stereocenters. The normalized spacial score (nSPS) is 15.1. The van der Waals surface area contributed by atoms with Gasteiger partial charge in [0, 0.05) is 45.3 Å². The van der Waals surface area contributed by atoms with Crippen LogP contribution in [0.2, 0.25) is 30.7 Å². The van der Waals surface area contributed by atoms with Crippen LogP contribution in [0.4, 0.5) is 18.9 Å². The maximum atomic E-state index is 14.0. The zero-order valence-corrected chi connectivity index (χ0v) is 23.6. The number of hydrogen-bond donors (Lipinski definition) is 0. The number of alkyl halides is 3. The van der Waals surface area contributed by atoms with Crippen molar-refractivity contribution in [3.63, 3.8) is 0 Å². The molecule has 9 heteroatoms. The molecule has 1 rings (SSSR count). The van der Waals surface area contributed by atoms with E-state index in [9.17, 15) is 13.2 Å². The van der Waals surface area contributed by atoms with Crippen molar-refractivity contribution in [2.45, 2.75) is 90.1 Å². The van der Waals surface area contributed by atoms with Gasteiger partial charge in [-0.25, -0.2) is 4.99 Å². The van der Waals surface area contributed by atoms with Gasteiger partial charge in [0.05, 0.1) is 24.2 Å². The predicted octanol–water partition coefficient (Wildman–Crippen LogP) is 7.22. The Balaban J connectivity index is 3.31. The molecule has 1 aromatic rings. The molecule has 1 unspecified atom stereocenters. The molecule has 0 saturated heterocycles. The average molecular weight is 502 g/mol. The van der Waals surface area contributed by atoms with Gasteiger partial charge in [0.25, 0.3) is 0 Å². The first-order valence-corrected chi connectivity index (χ1v) is 15.6. The summed E-state index contributed by atoms with van der Waals surface area (Å²) in [5.41, 5.74) is -0.00579. The number of nitrogens with zero attached hydrogens (tertiary/aromatic N) is 2. The van der Waals surface area contributed by atoms with E-state index in [1.807, 2.05) is 27.8 Å². The molecule has 0 fully saturated rings. The zero-order valence-electron chi connectivity index (χ0n) is 21.6. The topological polar surface area (TPSA) is 34.1 Å². The van der Waals surface area contributed by atoms with Crippen molar-refractivity contribution in [3.05, 3.63) is 23.3 Å². The largest absolute Gasteiger partial charge is 0.462 e. The lowest BCUT2D eigenvalue weighted by molar-refractivity contribution is -0.184. The lowest BCUT2D eigenvalue weighted by Crippen LogP contribution is -2.40. The highest BCUT2D eigenvalue weighted by atomic mass is 28.3. The summed E-state index contributed by atoms with van der Waals surface area (Å²) in [6.45, 7) is 17.2. The molecule has 0 aliphatic heterocycles. The average Bonchev–Trinajstić information content (AvgIpc) is 2.61. The number of aryl methyl sites for hydroxylation is 1. The third kappa shape index (κ3) is 11.1. The third-order valence-electron chi connectivity index (χ3n) is 5.06. The number of rotatable bonds is 12. The van der Waals surface area contributed by atoms with Gasteiger partial charge in [-0.05, 0) is 43.0 Å². The first-order chi connectivity index (χ1) is 14.9. The molecule has 0 aromatic heterocycles. The van der Waals surface area contributed by atoms with Crippen molar-refractivity contribution in [2.24, 2.45) is 4.99 Å². The van der Waals surface area contributed by atoms with Crippen LogP contribution in [0, 0.1) is 6.92 Å². The molecule has 1 aromatic carbocycles. The number of ether oxygens (including phenoxy) is 2. The van der Waals surface area contributed by atoms with Gasteiger partial charge in [0.1, 0.15) is 5.75 Å². The van der Waals surface area contributed by atoms with E-state index in [1.54, 1.807) is 18.7 Å². The Labute approximate surface area is 202 Å². The summed E-state index contributed by atoms with van der Waals surface area (Å²) < 4.78 is 54.1. The van der Waals surface area contributed by atoms with Crippen molar-refractivity contribution in [3.8, 4) is 5.75 Å². The summed E-state index contributed by atoms with van der Waals surface area (Å²) in [4.78, 5) is 6.03. The maximum Gasteiger partial charge on any atom is 0.420 e. The summed E-state index contributed by atoms with van der Waals surface area (Å²) in [5.74, 6) is -1.48. The highest BCUT2D eigenvalue weighted by Crippen LogP contribution is 2.43. The second-order valence-electron chi connectivity index (χ2n) is 10.8. The third-order valence-corrected chi connectivity index (χ3v) is 7.09. The number of aliphatic imine (C=N–C) groups is 1. The fourth-order valence-corrected chi connectivity index (χ4v) is 4.93. The molecule has 3 radical (unpaired) electrons. The van der Waals surface area contributed by atoms with Crippen LogP contribution in [-0.2, 0) is 10.9 Å². The van der Waals surface area contributed by atoms with Crippen LogP contribution in [0.25, 0.3) is 0 Å². The quantitative estimate of drug-likeness (QED) is 0.0996. The van der Waals surface area contributed by atoms with Crippen molar-refractivity contribution in [1.29, 1.82) is 0 Å². The smallest absolute Gasteiger partial charge is 0.420 e. The van der Waals surface area contributed by atoms with Crippen molar-refractivity contribution in [2.75, 3.05) is 20.2 Å². The van der Waals surface area contributed by atoms with E-state index in [0.29, 0.717) is 25.1 Å². The highest BCUT2D eigenvalue weighted by molar-refractivity contribution is 6.76. The Kier molecular flexibility index (Phi) is 10.3. The monoisotopic (exact) mass is 501 g/mol. The van der Waals surface area contributed by atoms with Gasteiger partial charge in [0.2, 0.25) is 5.79 Å². The second kappa shape index (κ2) is 11.4. The molecule has 33 heavy (non-hydrogen) atoms. The Morgan fingerprint density at radius 2 is 1.76 bits per heavy atom. The van der Waals surface area contributed by atoms with Crippen LogP contribution >= 0.6 is 0 Å². The molecule has 0 bridgehead atoms. The molecular formula is C24H40F3N2O2Si2. The molecule has 0 spiro atoms. The fourth-order valence-electron chi connectivity index (χ4n) is 3.40. The Morgan fingerprint density at radius 3 is 2.24 bits per heavy atom. The standard InChI is InChI=1S/C24H40F3N2O2Si2/c1-10-29(6)17-28-20-15-19(24(25,26)27)21(14-18(20)2)31-23(5,16-22(3,4)32)30-12-11-13-33(7,8)9/h14-15,17H,10-13,16H2,1-9H3. The zero-order chi connectivity index (χ0) is 25.7. The van der Waals surface area contributed by atoms with E-state index in [1.165, 1.54) is 12.4 Å².